The number of rotatable bonds is 7. The van der Waals surface area contributed by atoms with Crippen LogP contribution < -0.4 is 5.32 Å². The van der Waals surface area contributed by atoms with Crippen molar-refractivity contribution in [1.29, 1.82) is 0 Å². The molecule has 0 atom stereocenters. The molecule has 1 aromatic heterocycles. The zero-order valence-electron chi connectivity index (χ0n) is 37.5. The molecule has 1 N–H and O–H groups in total. The number of nitrogens with zero attached hydrogens (tertiary/aromatic N) is 1. The van der Waals surface area contributed by atoms with Crippen molar-refractivity contribution >= 4 is 54.7 Å². The number of aromatic nitrogens is 1. The molecule has 2 nitrogen and oxygen atoms in total. The maximum Gasteiger partial charge on any atom is 0.0541 e. The summed E-state index contributed by atoms with van der Waals surface area (Å²) >= 11 is 0. The molecule has 0 aliphatic heterocycles. The van der Waals surface area contributed by atoms with Gasteiger partial charge in [0.25, 0.3) is 0 Å². The second kappa shape index (κ2) is 15.3. The van der Waals surface area contributed by atoms with Crippen LogP contribution >= 0.6 is 0 Å². The van der Waals surface area contributed by atoms with Gasteiger partial charge in [-0.05, 0) is 126 Å². The molecule has 67 heavy (non-hydrogen) atoms. The second-order valence-electron chi connectivity index (χ2n) is 18.5. The van der Waals surface area contributed by atoms with Crippen LogP contribution in [0.15, 0.2) is 237 Å². The lowest BCUT2D eigenvalue weighted by Gasteiger charge is -2.23. The summed E-state index contributed by atoms with van der Waals surface area (Å²) in [6, 6.07) is 87.0. The van der Waals surface area contributed by atoms with Gasteiger partial charge in [0.1, 0.15) is 0 Å². The summed E-state index contributed by atoms with van der Waals surface area (Å²) in [7, 11) is 0. The topological polar surface area (TPSA) is 17.0 Å². The zero-order chi connectivity index (χ0) is 44.6. The van der Waals surface area contributed by atoms with Crippen LogP contribution in [0.4, 0.5) is 11.4 Å². The number of hydrogen-bond donors (Lipinski definition) is 1. The molecule has 11 aromatic carbocycles. The van der Waals surface area contributed by atoms with E-state index in [4.69, 9.17) is 0 Å². The Morgan fingerprint density at radius 3 is 1.82 bits per heavy atom. The van der Waals surface area contributed by atoms with Gasteiger partial charge in [-0.25, -0.2) is 0 Å². The average molecular weight is 855 g/mol. The van der Waals surface area contributed by atoms with Crippen molar-refractivity contribution in [3.05, 3.63) is 248 Å². The third kappa shape index (κ3) is 6.25. The van der Waals surface area contributed by atoms with Gasteiger partial charge in [-0.2, -0.15) is 0 Å². The van der Waals surface area contributed by atoms with Crippen LogP contribution in [0, 0.1) is 0 Å². The Balaban J connectivity index is 0.949. The molecule has 0 saturated heterocycles. The van der Waals surface area contributed by atoms with E-state index in [2.05, 4.69) is 260 Å². The molecule has 316 valence electrons. The Hall–Kier alpha value is -8.46. The molecule has 1 heterocycles. The second-order valence-corrected chi connectivity index (χ2v) is 18.5. The number of nitrogens with one attached hydrogen (secondary N) is 1. The Morgan fingerprint density at radius 1 is 0.328 bits per heavy atom. The third-order valence-electron chi connectivity index (χ3n) is 14.4. The molecule has 1 aliphatic carbocycles. The SMILES string of the molecule is CC1(C)c2ccccc2-c2ccc(-c3ccccc3Nc3cccc(-c4cccc5c4ccc4ccccc45)c3-c3ccc(-c4ccc5c(c4)c4ccccc4n5-c4ccccc4)cc3)cc21. The number of anilines is 2. The van der Waals surface area contributed by atoms with E-state index in [1.165, 1.54) is 99.0 Å². The van der Waals surface area contributed by atoms with Crippen LogP contribution in [0.2, 0.25) is 0 Å². The van der Waals surface area contributed by atoms with E-state index in [1.807, 2.05) is 0 Å². The van der Waals surface area contributed by atoms with Gasteiger partial charge in [0, 0.05) is 44.4 Å². The van der Waals surface area contributed by atoms with Crippen molar-refractivity contribution in [2.45, 2.75) is 19.3 Å². The van der Waals surface area contributed by atoms with E-state index >= 15 is 0 Å². The van der Waals surface area contributed by atoms with E-state index in [0.717, 1.165) is 28.2 Å². The standard InChI is InChI=1S/C65H46N2/c1-65(2)58-26-11-8-21-53(58)54-38-35-46(41-59(54)65)49-20-9-12-27-60(49)66-61-28-15-25-56(51-24-14-23-50-48-19-7-6-16-43(48)34-37-52(50)51)64(61)44-32-30-42(31-33-44)45-36-39-63-57(40-45)55-22-10-13-29-62(55)67(63)47-17-4-3-5-18-47/h3-41,66H,1-2H3. The van der Waals surface area contributed by atoms with Crippen molar-refractivity contribution in [1.82, 2.24) is 4.57 Å². The maximum atomic E-state index is 4.03. The van der Waals surface area contributed by atoms with Gasteiger partial charge >= 0.3 is 0 Å². The third-order valence-corrected chi connectivity index (χ3v) is 14.4. The lowest BCUT2D eigenvalue weighted by molar-refractivity contribution is 0.660. The molecule has 0 unspecified atom stereocenters. The predicted molar refractivity (Wildman–Crippen MR) is 285 cm³/mol. The first kappa shape index (κ1) is 39.0. The normalized spacial score (nSPS) is 12.7. The highest BCUT2D eigenvalue weighted by Gasteiger charge is 2.35. The Labute approximate surface area is 391 Å². The smallest absolute Gasteiger partial charge is 0.0541 e. The van der Waals surface area contributed by atoms with E-state index in [-0.39, 0.29) is 5.41 Å². The van der Waals surface area contributed by atoms with Gasteiger partial charge in [-0.1, -0.05) is 202 Å². The number of hydrogen-bond acceptors (Lipinski definition) is 1. The molecular weight excluding hydrogens is 809 g/mol. The van der Waals surface area contributed by atoms with Crippen LogP contribution in [0.1, 0.15) is 25.0 Å². The average Bonchev–Trinajstić information content (AvgIpc) is 3.84. The lowest BCUT2D eigenvalue weighted by Crippen LogP contribution is -2.14. The molecule has 2 heteroatoms. The van der Waals surface area contributed by atoms with Gasteiger partial charge in [0.2, 0.25) is 0 Å². The van der Waals surface area contributed by atoms with Crippen LogP contribution in [-0.4, -0.2) is 4.57 Å². The monoisotopic (exact) mass is 854 g/mol. The first-order valence-electron chi connectivity index (χ1n) is 23.3. The molecule has 12 aromatic rings. The highest BCUT2D eigenvalue weighted by molar-refractivity contribution is 6.14. The highest BCUT2D eigenvalue weighted by atomic mass is 15.0. The van der Waals surface area contributed by atoms with Crippen molar-refractivity contribution in [3.8, 4) is 61.3 Å². The zero-order valence-corrected chi connectivity index (χ0v) is 37.5. The lowest BCUT2D eigenvalue weighted by atomic mass is 9.81. The van der Waals surface area contributed by atoms with Gasteiger partial charge in [-0.15, -0.1) is 0 Å². The number of benzene rings is 11. The summed E-state index contributed by atoms with van der Waals surface area (Å²) in [4.78, 5) is 0. The van der Waals surface area contributed by atoms with E-state index in [9.17, 15) is 0 Å². The minimum atomic E-state index is -0.0887. The summed E-state index contributed by atoms with van der Waals surface area (Å²) in [6.45, 7) is 4.71. The minimum absolute atomic E-state index is 0.0887. The molecule has 1 aliphatic rings. The largest absolute Gasteiger partial charge is 0.354 e. The van der Waals surface area contributed by atoms with E-state index < -0.39 is 0 Å². The molecular formula is C65H46N2. The molecule has 0 bridgehead atoms. The summed E-state index contributed by atoms with van der Waals surface area (Å²) in [5.41, 5.74) is 20.5. The fraction of sp³-hybridized carbons (Fsp3) is 0.0462. The summed E-state index contributed by atoms with van der Waals surface area (Å²) < 4.78 is 2.38. The highest BCUT2D eigenvalue weighted by Crippen LogP contribution is 2.50. The van der Waals surface area contributed by atoms with Gasteiger partial charge < -0.3 is 9.88 Å². The Bertz CT molecular complexity index is 3910. The minimum Gasteiger partial charge on any atom is -0.354 e. The first-order valence-corrected chi connectivity index (χ1v) is 23.3. The molecule has 0 fully saturated rings. The molecule has 13 rings (SSSR count). The summed E-state index contributed by atoms with van der Waals surface area (Å²) in [5, 5.41) is 11.5. The Kier molecular flexibility index (Phi) is 8.91. The molecule has 0 amide bonds. The quantitative estimate of drug-likeness (QED) is 0.158. The van der Waals surface area contributed by atoms with Crippen LogP contribution in [-0.2, 0) is 5.41 Å². The maximum absolute atomic E-state index is 4.03. The predicted octanol–water partition coefficient (Wildman–Crippen LogP) is 17.8. The number of fused-ring (bicyclic) bond motifs is 9. The molecule has 0 radical (unpaired) electrons. The van der Waals surface area contributed by atoms with E-state index in [0.29, 0.717) is 0 Å². The Morgan fingerprint density at radius 2 is 0.940 bits per heavy atom. The molecule has 0 saturated carbocycles. The summed E-state index contributed by atoms with van der Waals surface area (Å²) in [5.74, 6) is 0. The van der Waals surface area contributed by atoms with Gasteiger partial charge in [-0.3, -0.25) is 0 Å². The van der Waals surface area contributed by atoms with Crippen molar-refractivity contribution in [3.63, 3.8) is 0 Å². The van der Waals surface area contributed by atoms with Crippen molar-refractivity contribution in [2.24, 2.45) is 0 Å². The van der Waals surface area contributed by atoms with Crippen LogP contribution in [0.5, 0.6) is 0 Å². The van der Waals surface area contributed by atoms with Gasteiger partial charge in [0.15, 0.2) is 0 Å². The number of para-hydroxylation sites is 3. The fourth-order valence-electron chi connectivity index (χ4n) is 11.2. The van der Waals surface area contributed by atoms with Crippen molar-refractivity contribution in [2.75, 3.05) is 5.32 Å². The van der Waals surface area contributed by atoms with E-state index in [1.54, 1.807) is 0 Å². The van der Waals surface area contributed by atoms with Crippen molar-refractivity contribution < 1.29 is 0 Å². The molecule has 0 spiro atoms. The van der Waals surface area contributed by atoms with Crippen LogP contribution in [0.25, 0.3) is 105 Å². The fourth-order valence-corrected chi connectivity index (χ4v) is 11.2. The summed E-state index contributed by atoms with van der Waals surface area (Å²) in [6.07, 6.45) is 0. The van der Waals surface area contributed by atoms with Gasteiger partial charge in [0.05, 0.1) is 11.0 Å². The first-order chi connectivity index (χ1) is 33.0. The van der Waals surface area contributed by atoms with Crippen LogP contribution in [0.3, 0.4) is 0 Å².